The Morgan fingerprint density at radius 2 is 1.85 bits per heavy atom. The number of urea groups is 1. The van der Waals surface area contributed by atoms with Crippen molar-refractivity contribution >= 4 is 23.4 Å². The molecule has 0 unspecified atom stereocenters. The summed E-state index contributed by atoms with van der Waals surface area (Å²) in [7, 11) is 0. The molecule has 0 saturated carbocycles. The van der Waals surface area contributed by atoms with Crippen LogP contribution in [0.5, 0.6) is 0 Å². The van der Waals surface area contributed by atoms with Gasteiger partial charge in [0.1, 0.15) is 11.5 Å². The van der Waals surface area contributed by atoms with Gasteiger partial charge in [0.2, 0.25) is 0 Å². The summed E-state index contributed by atoms with van der Waals surface area (Å²) >= 11 is 0. The summed E-state index contributed by atoms with van der Waals surface area (Å²) in [4.78, 5) is 25.9. The highest BCUT2D eigenvalue weighted by Gasteiger charge is 2.08. The molecule has 20 heavy (non-hydrogen) atoms. The molecular weight excluding hydrogens is 265 g/mol. The highest BCUT2D eigenvalue weighted by atomic mass is 19.1. The summed E-state index contributed by atoms with van der Waals surface area (Å²) < 4.78 is 13.3. The van der Waals surface area contributed by atoms with Gasteiger partial charge < -0.3 is 15.7 Å². The molecule has 0 aliphatic carbocycles. The van der Waals surface area contributed by atoms with Crippen molar-refractivity contribution in [3.05, 3.63) is 54.1 Å². The molecule has 1 aromatic carbocycles. The van der Waals surface area contributed by atoms with Gasteiger partial charge in [-0.15, -0.1) is 0 Å². The van der Waals surface area contributed by atoms with Crippen molar-refractivity contribution in [2.75, 3.05) is 10.6 Å². The molecule has 0 spiro atoms. The number of carbonyl (C=O) groups excluding carboxylic acids is 1. The fourth-order valence-corrected chi connectivity index (χ4v) is 1.44. The lowest BCUT2D eigenvalue weighted by Gasteiger charge is -2.08. The van der Waals surface area contributed by atoms with E-state index in [4.69, 9.17) is 5.11 Å². The normalized spacial score (nSPS) is 9.85. The summed E-state index contributed by atoms with van der Waals surface area (Å²) in [6.07, 6.45) is 1.20. The maximum atomic E-state index is 13.3. The summed E-state index contributed by atoms with van der Waals surface area (Å²) in [5.41, 5.74) is 0.203. The van der Waals surface area contributed by atoms with E-state index in [-0.39, 0.29) is 11.4 Å². The Balaban J connectivity index is 2.01. The number of carbonyl (C=O) groups is 2. The number of benzene rings is 1. The van der Waals surface area contributed by atoms with Gasteiger partial charge in [0.15, 0.2) is 0 Å². The van der Waals surface area contributed by atoms with Gasteiger partial charge in [-0.1, -0.05) is 12.1 Å². The zero-order chi connectivity index (χ0) is 14.5. The van der Waals surface area contributed by atoms with E-state index in [1.807, 2.05) is 0 Å². The third-order valence-corrected chi connectivity index (χ3v) is 2.36. The third-order valence-electron chi connectivity index (χ3n) is 2.36. The maximum absolute atomic E-state index is 13.3. The number of anilines is 2. The second kappa shape index (κ2) is 5.79. The molecule has 2 aromatic rings. The van der Waals surface area contributed by atoms with Gasteiger partial charge in [-0.25, -0.2) is 19.0 Å². The zero-order valence-electron chi connectivity index (χ0n) is 10.1. The minimum absolute atomic E-state index is 0.0418. The van der Waals surface area contributed by atoms with E-state index in [1.54, 1.807) is 6.07 Å². The lowest BCUT2D eigenvalue weighted by atomic mass is 10.3. The first kappa shape index (κ1) is 13.5. The summed E-state index contributed by atoms with van der Waals surface area (Å²) in [6, 6.07) is 7.72. The van der Waals surface area contributed by atoms with E-state index in [1.165, 1.54) is 36.5 Å². The SMILES string of the molecule is O=C(Nc1ccc(C(=O)O)nc1)Nc1ccccc1F. The average molecular weight is 275 g/mol. The van der Waals surface area contributed by atoms with Gasteiger partial charge in [-0.2, -0.15) is 0 Å². The number of carboxylic acid groups (broad SMARTS) is 1. The molecule has 0 aliphatic heterocycles. The van der Waals surface area contributed by atoms with E-state index in [2.05, 4.69) is 15.6 Å². The molecule has 2 rings (SSSR count). The molecule has 1 heterocycles. The molecule has 2 amide bonds. The van der Waals surface area contributed by atoms with Gasteiger partial charge in [-0.05, 0) is 24.3 Å². The fourth-order valence-electron chi connectivity index (χ4n) is 1.44. The van der Waals surface area contributed by atoms with Crippen LogP contribution in [-0.2, 0) is 0 Å². The first-order chi connectivity index (χ1) is 9.56. The molecule has 7 heteroatoms. The molecular formula is C13H10FN3O3. The van der Waals surface area contributed by atoms with Crippen LogP contribution in [0.1, 0.15) is 10.5 Å². The highest BCUT2D eigenvalue weighted by molar-refractivity contribution is 5.99. The van der Waals surface area contributed by atoms with Crippen LogP contribution in [0.2, 0.25) is 0 Å². The second-order valence-electron chi connectivity index (χ2n) is 3.80. The van der Waals surface area contributed by atoms with Crippen LogP contribution in [0.15, 0.2) is 42.6 Å². The van der Waals surface area contributed by atoms with Crippen molar-refractivity contribution in [3.63, 3.8) is 0 Å². The van der Waals surface area contributed by atoms with Gasteiger partial charge in [0.05, 0.1) is 17.6 Å². The largest absolute Gasteiger partial charge is 0.477 e. The van der Waals surface area contributed by atoms with E-state index in [0.717, 1.165) is 0 Å². The lowest BCUT2D eigenvalue weighted by Crippen LogP contribution is -2.20. The van der Waals surface area contributed by atoms with Crippen LogP contribution in [0.4, 0.5) is 20.6 Å². The van der Waals surface area contributed by atoms with Gasteiger partial charge >= 0.3 is 12.0 Å². The van der Waals surface area contributed by atoms with Crippen LogP contribution < -0.4 is 10.6 Å². The number of halogens is 1. The molecule has 6 nitrogen and oxygen atoms in total. The molecule has 0 aliphatic rings. The summed E-state index contributed by atoms with van der Waals surface area (Å²) in [6.45, 7) is 0. The second-order valence-corrected chi connectivity index (χ2v) is 3.80. The zero-order valence-corrected chi connectivity index (χ0v) is 10.1. The van der Waals surface area contributed by atoms with Crippen LogP contribution >= 0.6 is 0 Å². The van der Waals surface area contributed by atoms with Gasteiger partial charge in [-0.3, -0.25) is 0 Å². The predicted molar refractivity (Wildman–Crippen MR) is 70.2 cm³/mol. The summed E-state index contributed by atoms with van der Waals surface area (Å²) in [5, 5.41) is 13.4. The topological polar surface area (TPSA) is 91.3 Å². The number of amides is 2. The van der Waals surface area contributed by atoms with E-state index in [9.17, 15) is 14.0 Å². The van der Waals surface area contributed by atoms with Crippen LogP contribution in [-0.4, -0.2) is 22.1 Å². The Kier molecular flexibility index (Phi) is 3.90. The van der Waals surface area contributed by atoms with Crippen LogP contribution in [0, 0.1) is 5.82 Å². The van der Waals surface area contributed by atoms with E-state index >= 15 is 0 Å². The number of pyridine rings is 1. The van der Waals surface area contributed by atoms with E-state index < -0.39 is 17.8 Å². The molecule has 0 radical (unpaired) electrons. The van der Waals surface area contributed by atoms with Gasteiger partial charge in [0, 0.05) is 0 Å². The first-order valence-corrected chi connectivity index (χ1v) is 5.58. The smallest absolute Gasteiger partial charge is 0.354 e. The number of aromatic nitrogens is 1. The van der Waals surface area contributed by atoms with E-state index in [0.29, 0.717) is 5.69 Å². The lowest BCUT2D eigenvalue weighted by molar-refractivity contribution is 0.0690. The quantitative estimate of drug-likeness (QED) is 0.802. The Morgan fingerprint density at radius 1 is 1.10 bits per heavy atom. The fraction of sp³-hybridized carbons (Fsp3) is 0. The van der Waals surface area contributed by atoms with Crippen molar-refractivity contribution in [3.8, 4) is 0 Å². The number of hydrogen-bond acceptors (Lipinski definition) is 3. The predicted octanol–water partition coefficient (Wildman–Crippen LogP) is 2.56. The van der Waals surface area contributed by atoms with Crippen molar-refractivity contribution < 1.29 is 19.1 Å². The first-order valence-electron chi connectivity index (χ1n) is 5.58. The van der Waals surface area contributed by atoms with Gasteiger partial charge in [0.25, 0.3) is 0 Å². The number of carboxylic acids is 1. The average Bonchev–Trinajstić information content (AvgIpc) is 2.42. The molecule has 0 atom stereocenters. The van der Waals surface area contributed by atoms with Crippen molar-refractivity contribution in [2.45, 2.75) is 0 Å². The molecule has 0 saturated heterocycles. The number of para-hydroxylation sites is 1. The monoisotopic (exact) mass is 275 g/mol. The number of hydrogen-bond donors (Lipinski definition) is 3. The number of nitrogens with zero attached hydrogens (tertiary/aromatic N) is 1. The minimum atomic E-state index is -1.16. The molecule has 0 bridgehead atoms. The number of nitrogens with one attached hydrogen (secondary N) is 2. The number of aromatic carboxylic acids is 1. The molecule has 102 valence electrons. The van der Waals surface area contributed by atoms with Crippen LogP contribution in [0.3, 0.4) is 0 Å². The van der Waals surface area contributed by atoms with Crippen molar-refractivity contribution in [2.24, 2.45) is 0 Å². The Bertz CT molecular complexity index is 644. The highest BCUT2D eigenvalue weighted by Crippen LogP contribution is 2.13. The van der Waals surface area contributed by atoms with Crippen molar-refractivity contribution in [1.82, 2.24) is 4.98 Å². The standard InChI is InChI=1S/C13H10FN3O3/c14-9-3-1-2-4-10(9)17-13(20)16-8-5-6-11(12(18)19)15-7-8/h1-7H,(H,18,19)(H2,16,17,20). The van der Waals surface area contributed by atoms with Crippen molar-refractivity contribution in [1.29, 1.82) is 0 Å². The Labute approximate surface area is 113 Å². The Morgan fingerprint density at radius 3 is 2.45 bits per heavy atom. The minimum Gasteiger partial charge on any atom is -0.477 e. The molecule has 3 N–H and O–H groups in total. The third kappa shape index (κ3) is 3.29. The summed E-state index contributed by atoms with van der Waals surface area (Å²) in [5.74, 6) is -1.71. The van der Waals surface area contributed by atoms with Crippen LogP contribution in [0.25, 0.3) is 0 Å². The maximum Gasteiger partial charge on any atom is 0.354 e. The molecule has 1 aromatic heterocycles. The molecule has 0 fully saturated rings. The number of rotatable bonds is 3. The Hall–Kier alpha value is -2.96.